The number of anilines is 3. The van der Waals surface area contributed by atoms with Gasteiger partial charge in [0.05, 0.1) is 5.69 Å². The lowest BCUT2D eigenvalue weighted by Crippen LogP contribution is -2.10. The highest BCUT2D eigenvalue weighted by molar-refractivity contribution is 7.26. The molecule has 234 valence electrons. The van der Waals surface area contributed by atoms with E-state index in [2.05, 4.69) is 193 Å². The number of fused-ring (bicyclic) bond motifs is 7. The summed E-state index contributed by atoms with van der Waals surface area (Å²) in [5, 5.41) is 10.2. The average molecular weight is 654 g/mol. The summed E-state index contributed by atoms with van der Waals surface area (Å²) < 4.78 is 2.62. The lowest BCUT2D eigenvalue weighted by Gasteiger charge is -2.28. The molecule has 0 saturated carbocycles. The van der Waals surface area contributed by atoms with Crippen molar-refractivity contribution in [3.63, 3.8) is 0 Å². The van der Waals surface area contributed by atoms with Crippen LogP contribution in [0.4, 0.5) is 17.1 Å². The lowest BCUT2D eigenvalue weighted by atomic mass is 9.98. The quantitative estimate of drug-likeness (QED) is 0.179. The molecule has 0 radical (unpaired) electrons. The van der Waals surface area contributed by atoms with E-state index in [1.807, 2.05) is 11.3 Å². The van der Waals surface area contributed by atoms with Crippen molar-refractivity contribution in [3.8, 4) is 22.3 Å². The van der Waals surface area contributed by atoms with Crippen molar-refractivity contribution in [2.24, 2.45) is 0 Å². The van der Waals surface area contributed by atoms with E-state index in [-0.39, 0.29) is 0 Å². The average Bonchev–Trinajstić information content (AvgIpc) is 3.57. The van der Waals surface area contributed by atoms with Crippen LogP contribution in [0.3, 0.4) is 0 Å². The van der Waals surface area contributed by atoms with Gasteiger partial charge in [0.15, 0.2) is 0 Å². The van der Waals surface area contributed by atoms with Crippen LogP contribution < -0.4 is 4.90 Å². The predicted octanol–water partition coefficient (Wildman–Crippen LogP) is 14.3. The monoisotopic (exact) mass is 653 g/mol. The Bertz CT molecular complexity index is 2860. The summed E-state index contributed by atoms with van der Waals surface area (Å²) >= 11 is 1.87. The third-order valence-electron chi connectivity index (χ3n) is 10.0. The van der Waals surface area contributed by atoms with Crippen LogP contribution in [-0.4, -0.2) is 0 Å². The Morgan fingerprint density at radius 1 is 0.320 bits per heavy atom. The predicted molar refractivity (Wildman–Crippen MR) is 217 cm³/mol. The highest BCUT2D eigenvalue weighted by Crippen LogP contribution is 2.46. The van der Waals surface area contributed by atoms with Gasteiger partial charge in [0, 0.05) is 36.9 Å². The van der Waals surface area contributed by atoms with Gasteiger partial charge >= 0.3 is 0 Å². The Morgan fingerprint density at radius 2 is 0.820 bits per heavy atom. The van der Waals surface area contributed by atoms with Crippen LogP contribution in [0.1, 0.15) is 0 Å². The van der Waals surface area contributed by atoms with Crippen molar-refractivity contribution >= 4 is 80.9 Å². The van der Waals surface area contributed by atoms with E-state index in [4.69, 9.17) is 0 Å². The number of benzene rings is 9. The molecule has 1 nitrogen and oxygen atoms in total. The Hall–Kier alpha value is -6.22. The smallest absolute Gasteiger partial charge is 0.0554 e. The van der Waals surface area contributed by atoms with Crippen molar-refractivity contribution in [2.45, 2.75) is 0 Å². The second kappa shape index (κ2) is 11.7. The molecule has 0 amide bonds. The van der Waals surface area contributed by atoms with Crippen LogP contribution in [0.2, 0.25) is 0 Å². The molecule has 0 spiro atoms. The molecule has 10 rings (SSSR count). The van der Waals surface area contributed by atoms with Gasteiger partial charge in [0.2, 0.25) is 0 Å². The fourth-order valence-electron chi connectivity index (χ4n) is 7.53. The molecule has 0 aliphatic carbocycles. The van der Waals surface area contributed by atoms with E-state index in [0.29, 0.717) is 0 Å². The first kappa shape index (κ1) is 28.8. The second-order valence-electron chi connectivity index (χ2n) is 13.0. The Labute approximate surface area is 294 Å². The zero-order valence-corrected chi connectivity index (χ0v) is 28.1. The molecule has 0 aliphatic heterocycles. The third-order valence-corrected chi connectivity index (χ3v) is 11.1. The molecule has 0 bridgehead atoms. The summed E-state index contributed by atoms with van der Waals surface area (Å²) in [5.41, 5.74) is 8.31. The first-order chi connectivity index (χ1) is 24.8. The SMILES string of the molecule is c1ccc2cc(-c3ccc(-c4ccc(N(c5ccc6ccccc6c5)c5cc6sc7ccccc7c6c6ccccc56)cc4)cc3)ccc2c1. The molecule has 0 saturated heterocycles. The van der Waals surface area contributed by atoms with Crippen LogP contribution in [-0.2, 0) is 0 Å². The largest absolute Gasteiger partial charge is 0.310 e. The molecule has 9 aromatic carbocycles. The van der Waals surface area contributed by atoms with Gasteiger partial charge in [-0.3, -0.25) is 0 Å². The molecule has 1 aromatic heterocycles. The molecule has 0 N–H and O–H groups in total. The summed E-state index contributed by atoms with van der Waals surface area (Å²) in [6.07, 6.45) is 0. The minimum Gasteiger partial charge on any atom is -0.310 e. The Balaban J connectivity index is 1.09. The van der Waals surface area contributed by atoms with E-state index >= 15 is 0 Å². The lowest BCUT2D eigenvalue weighted by molar-refractivity contribution is 1.31. The maximum atomic E-state index is 2.44. The molecular formula is C48H31NS. The van der Waals surface area contributed by atoms with Gasteiger partial charge in [-0.05, 0) is 91.6 Å². The first-order valence-corrected chi connectivity index (χ1v) is 17.9. The molecule has 1 heterocycles. The van der Waals surface area contributed by atoms with Crippen LogP contribution in [0, 0.1) is 0 Å². The first-order valence-electron chi connectivity index (χ1n) is 17.1. The summed E-state index contributed by atoms with van der Waals surface area (Å²) in [4.78, 5) is 2.44. The van der Waals surface area contributed by atoms with Gasteiger partial charge in [-0.2, -0.15) is 0 Å². The number of rotatable bonds is 5. The van der Waals surface area contributed by atoms with Crippen molar-refractivity contribution in [2.75, 3.05) is 4.90 Å². The summed E-state index contributed by atoms with van der Waals surface area (Å²) in [5.74, 6) is 0. The standard InChI is InChI=1S/C48H31NS/c1-3-11-37-29-39(22-21-32(37)9-1)36-19-17-34(18-20-36)35-23-26-40(27-24-35)49(41-28-25-33-10-2-4-12-38(33)30-41)45-31-47-48(43-14-6-5-13-42(43)45)44-15-7-8-16-46(44)50-47/h1-31H. The van der Waals surface area contributed by atoms with Gasteiger partial charge in [-0.1, -0.05) is 146 Å². The summed E-state index contributed by atoms with van der Waals surface area (Å²) in [6.45, 7) is 0. The molecule has 2 heteroatoms. The van der Waals surface area contributed by atoms with Crippen LogP contribution in [0.25, 0.3) is 74.7 Å². The zero-order chi connectivity index (χ0) is 33.0. The molecule has 50 heavy (non-hydrogen) atoms. The number of thiophene rings is 1. The minimum absolute atomic E-state index is 1.13. The highest BCUT2D eigenvalue weighted by Gasteiger charge is 2.20. The maximum absolute atomic E-state index is 2.44. The molecular weight excluding hydrogens is 623 g/mol. The normalized spacial score (nSPS) is 11.6. The number of hydrogen-bond donors (Lipinski definition) is 0. The van der Waals surface area contributed by atoms with Gasteiger partial charge < -0.3 is 4.90 Å². The van der Waals surface area contributed by atoms with Crippen molar-refractivity contribution in [3.05, 3.63) is 188 Å². The van der Waals surface area contributed by atoms with Crippen LogP contribution in [0.15, 0.2) is 188 Å². The Kier molecular flexibility index (Phi) is 6.75. The summed E-state index contributed by atoms with van der Waals surface area (Å²) in [6, 6.07) is 68.7. The Morgan fingerprint density at radius 3 is 1.54 bits per heavy atom. The van der Waals surface area contributed by atoms with Crippen molar-refractivity contribution < 1.29 is 0 Å². The molecule has 0 unspecified atom stereocenters. The maximum Gasteiger partial charge on any atom is 0.0554 e. The number of nitrogens with zero attached hydrogens (tertiary/aromatic N) is 1. The fourth-order valence-corrected chi connectivity index (χ4v) is 8.68. The van der Waals surface area contributed by atoms with Gasteiger partial charge in [0.1, 0.15) is 0 Å². The van der Waals surface area contributed by atoms with Crippen LogP contribution in [0.5, 0.6) is 0 Å². The van der Waals surface area contributed by atoms with E-state index in [0.717, 1.165) is 11.4 Å². The number of hydrogen-bond acceptors (Lipinski definition) is 2. The van der Waals surface area contributed by atoms with E-state index < -0.39 is 0 Å². The van der Waals surface area contributed by atoms with Crippen molar-refractivity contribution in [1.82, 2.24) is 0 Å². The van der Waals surface area contributed by atoms with E-state index in [1.165, 1.54) is 80.4 Å². The fraction of sp³-hybridized carbons (Fsp3) is 0. The molecule has 0 aliphatic rings. The van der Waals surface area contributed by atoms with Crippen molar-refractivity contribution in [1.29, 1.82) is 0 Å². The zero-order valence-electron chi connectivity index (χ0n) is 27.3. The second-order valence-corrected chi connectivity index (χ2v) is 14.0. The van der Waals surface area contributed by atoms with Gasteiger partial charge in [-0.25, -0.2) is 0 Å². The minimum atomic E-state index is 1.13. The van der Waals surface area contributed by atoms with E-state index in [1.54, 1.807) is 0 Å². The molecule has 0 fully saturated rings. The van der Waals surface area contributed by atoms with Crippen LogP contribution >= 0.6 is 11.3 Å². The molecule has 10 aromatic rings. The molecule has 0 atom stereocenters. The van der Waals surface area contributed by atoms with Gasteiger partial charge in [0.25, 0.3) is 0 Å². The highest BCUT2D eigenvalue weighted by atomic mass is 32.1. The van der Waals surface area contributed by atoms with E-state index in [9.17, 15) is 0 Å². The topological polar surface area (TPSA) is 3.24 Å². The van der Waals surface area contributed by atoms with Gasteiger partial charge in [-0.15, -0.1) is 11.3 Å². The third kappa shape index (κ3) is 4.84. The summed E-state index contributed by atoms with van der Waals surface area (Å²) in [7, 11) is 0.